The van der Waals surface area contributed by atoms with Crippen LogP contribution in [0.1, 0.15) is 16.1 Å². The fourth-order valence-electron chi connectivity index (χ4n) is 1.53. The van der Waals surface area contributed by atoms with Crippen LogP contribution in [0.4, 0.5) is 0 Å². The first-order valence-corrected chi connectivity index (χ1v) is 5.99. The van der Waals surface area contributed by atoms with Gasteiger partial charge in [-0.15, -0.1) is 0 Å². The topological polar surface area (TPSA) is 48.4 Å². The van der Waals surface area contributed by atoms with Crippen LogP contribution in [0.15, 0.2) is 42.6 Å². The van der Waals surface area contributed by atoms with Gasteiger partial charge in [0.15, 0.2) is 0 Å². The largest absolute Gasteiger partial charge is 0.487 e. The third kappa shape index (κ3) is 3.45. The van der Waals surface area contributed by atoms with Crippen LogP contribution >= 0.6 is 11.6 Å². The van der Waals surface area contributed by atoms with Gasteiger partial charge >= 0.3 is 5.97 Å². The molecule has 0 amide bonds. The van der Waals surface area contributed by atoms with Crippen LogP contribution in [-0.4, -0.2) is 18.1 Å². The number of benzene rings is 1. The van der Waals surface area contributed by atoms with E-state index in [4.69, 9.17) is 21.1 Å². The summed E-state index contributed by atoms with van der Waals surface area (Å²) in [5, 5.41) is 0.639. The van der Waals surface area contributed by atoms with Crippen LogP contribution in [0.3, 0.4) is 0 Å². The highest BCUT2D eigenvalue weighted by Crippen LogP contribution is 2.17. The van der Waals surface area contributed by atoms with Gasteiger partial charge in [0.05, 0.1) is 18.4 Å². The van der Waals surface area contributed by atoms with Crippen molar-refractivity contribution < 1.29 is 14.3 Å². The molecule has 0 saturated carbocycles. The molecular formula is C14H12ClNO3. The summed E-state index contributed by atoms with van der Waals surface area (Å²) in [5.74, 6) is 0.230. The van der Waals surface area contributed by atoms with Crippen molar-refractivity contribution in [2.75, 3.05) is 7.11 Å². The fraction of sp³-hybridized carbons (Fsp3) is 0.143. The molecule has 4 nitrogen and oxygen atoms in total. The minimum Gasteiger partial charge on any atom is -0.487 e. The van der Waals surface area contributed by atoms with Gasteiger partial charge in [-0.2, -0.15) is 0 Å². The van der Waals surface area contributed by atoms with Gasteiger partial charge in [0.1, 0.15) is 12.4 Å². The Balaban J connectivity index is 2.11. The van der Waals surface area contributed by atoms with Crippen molar-refractivity contribution >= 4 is 17.6 Å². The van der Waals surface area contributed by atoms with E-state index in [1.165, 1.54) is 7.11 Å². The van der Waals surface area contributed by atoms with E-state index in [1.54, 1.807) is 42.6 Å². The maximum atomic E-state index is 11.6. The van der Waals surface area contributed by atoms with Crippen LogP contribution in [0.5, 0.6) is 5.75 Å². The number of methoxy groups -OCH3 is 1. The van der Waals surface area contributed by atoms with Gasteiger partial charge in [0.25, 0.3) is 0 Å². The lowest BCUT2D eigenvalue weighted by Gasteiger charge is -2.08. The molecule has 1 heterocycles. The van der Waals surface area contributed by atoms with Crippen molar-refractivity contribution in [2.24, 2.45) is 0 Å². The third-order valence-corrected chi connectivity index (χ3v) is 2.74. The Labute approximate surface area is 115 Å². The Kier molecular flexibility index (Phi) is 4.36. The van der Waals surface area contributed by atoms with Crippen LogP contribution in [0.2, 0.25) is 5.02 Å². The lowest BCUT2D eigenvalue weighted by Crippen LogP contribution is -2.09. The number of pyridine rings is 1. The molecule has 98 valence electrons. The molecule has 19 heavy (non-hydrogen) atoms. The van der Waals surface area contributed by atoms with E-state index >= 15 is 0 Å². The first-order valence-electron chi connectivity index (χ1n) is 5.61. The molecule has 0 bridgehead atoms. The summed E-state index contributed by atoms with van der Waals surface area (Å²) in [7, 11) is 1.33. The number of nitrogens with zero attached hydrogens (tertiary/aromatic N) is 1. The number of carbonyl (C=O) groups is 1. The second-order valence-corrected chi connectivity index (χ2v) is 4.17. The fourth-order valence-corrected chi connectivity index (χ4v) is 1.66. The van der Waals surface area contributed by atoms with Crippen LogP contribution in [0, 0.1) is 0 Å². The summed E-state index contributed by atoms with van der Waals surface area (Å²) in [6.45, 7) is 0.187. The molecule has 0 fully saturated rings. The third-order valence-electron chi connectivity index (χ3n) is 2.48. The number of hydrogen-bond donors (Lipinski definition) is 0. The standard InChI is InChI=1S/C14H12ClNO3/c1-18-14(17)12-3-2-8-16-13(12)9-19-11-6-4-10(15)5-7-11/h2-8H,9H2,1H3. The Bertz CT molecular complexity index is 569. The molecule has 0 radical (unpaired) electrons. The van der Waals surface area contributed by atoms with E-state index in [9.17, 15) is 4.79 Å². The Morgan fingerprint density at radius 1 is 1.26 bits per heavy atom. The maximum absolute atomic E-state index is 11.6. The summed E-state index contributed by atoms with van der Waals surface area (Å²) in [6, 6.07) is 10.3. The Morgan fingerprint density at radius 3 is 2.68 bits per heavy atom. The van der Waals surface area contributed by atoms with Crippen molar-refractivity contribution in [3.05, 3.63) is 58.9 Å². The smallest absolute Gasteiger partial charge is 0.339 e. The summed E-state index contributed by atoms with van der Waals surface area (Å²) < 4.78 is 10.2. The molecule has 0 aliphatic carbocycles. The monoisotopic (exact) mass is 277 g/mol. The molecule has 0 N–H and O–H groups in total. The predicted octanol–water partition coefficient (Wildman–Crippen LogP) is 3.10. The molecule has 0 aliphatic heterocycles. The Hall–Kier alpha value is -2.07. The molecule has 0 aliphatic rings. The minimum atomic E-state index is -0.428. The SMILES string of the molecule is COC(=O)c1cccnc1COc1ccc(Cl)cc1. The molecule has 2 rings (SSSR count). The zero-order chi connectivity index (χ0) is 13.7. The van der Waals surface area contributed by atoms with Gasteiger partial charge in [-0.1, -0.05) is 11.6 Å². The van der Waals surface area contributed by atoms with E-state index in [0.29, 0.717) is 22.0 Å². The van der Waals surface area contributed by atoms with Crippen molar-refractivity contribution in [2.45, 2.75) is 6.61 Å². The number of carbonyl (C=O) groups excluding carboxylic acids is 1. The lowest BCUT2D eigenvalue weighted by atomic mass is 10.2. The second-order valence-electron chi connectivity index (χ2n) is 3.73. The summed E-state index contributed by atoms with van der Waals surface area (Å²) in [5.41, 5.74) is 0.934. The van der Waals surface area contributed by atoms with Gasteiger partial charge < -0.3 is 9.47 Å². The van der Waals surface area contributed by atoms with Crippen LogP contribution in [0.25, 0.3) is 0 Å². The molecule has 0 saturated heterocycles. The highest BCUT2D eigenvalue weighted by Gasteiger charge is 2.12. The number of ether oxygens (including phenoxy) is 2. The predicted molar refractivity (Wildman–Crippen MR) is 71.4 cm³/mol. The number of aromatic nitrogens is 1. The van der Waals surface area contributed by atoms with E-state index in [2.05, 4.69) is 4.98 Å². The van der Waals surface area contributed by atoms with E-state index in [0.717, 1.165) is 0 Å². The minimum absolute atomic E-state index is 0.187. The van der Waals surface area contributed by atoms with Crippen LogP contribution < -0.4 is 4.74 Å². The molecule has 5 heteroatoms. The normalized spacial score (nSPS) is 10.0. The second kappa shape index (κ2) is 6.20. The molecule has 2 aromatic rings. The van der Waals surface area contributed by atoms with Gasteiger partial charge in [0.2, 0.25) is 0 Å². The summed E-state index contributed by atoms with van der Waals surface area (Å²) in [6.07, 6.45) is 1.60. The molecule has 0 spiro atoms. The first-order chi connectivity index (χ1) is 9.20. The maximum Gasteiger partial charge on any atom is 0.339 e. The quantitative estimate of drug-likeness (QED) is 0.806. The van der Waals surface area contributed by atoms with Crippen molar-refractivity contribution in [1.82, 2.24) is 4.98 Å². The molecule has 1 aromatic heterocycles. The van der Waals surface area contributed by atoms with Crippen molar-refractivity contribution in [1.29, 1.82) is 0 Å². The zero-order valence-corrected chi connectivity index (χ0v) is 11.1. The average molecular weight is 278 g/mol. The average Bonchev–Trinajstić information content (AvgIpc) is 2.46. The van der Waals surface area contributed by atoms with Gasteiger partial charge in [0, 0.05) is 11.2 Å². The van der Waals surface area contributed by atoms with E-state index in [1.807, 2.05) is 0 Å². The molecule has 0 atom stereocenters. The number of hydrogen-bond acceptors (Lipinski definition) is 4. The van der Waals surface area contributed by atoms with E-state index in [-0.39, 0.29) is 6.61 Å². The van der Waals surface area contributed by atoms with Crippen LogP contribution in [-0.2, 0) is 11.3 Å². The number of rotatable bonds is 4. The highest BCUT2D eigenvalue weighted by atomic mass is 35.5. The van der Waals surface area contributed by atoms with Gasteiger partial charge in [-0.25, -0.2) is 4.79 Å². The summed E-state index contributed by atoms with van der Waals surface area (Å²) >= 11 is 5.79. The number of esters is 1. The highest BCUT2D eigenvalue weighted by molar-refractivity contribution is 6.30. The van der Waals surface area contributed by atoms with Crippen molar-refractivity contribution in [3.8, 4) is 5.75 Å². The first kappa shape index (κ1) is 13.4. The Morgan fingerprint density at radius 2 is 2.00 bits per heavy atom. The molecule has 1 aromatic carbocycles. The van der Waals surface area contributed by atoms with Crippen molar-refractivity contribution in [3.63, 3.8) is 0 Å². The molecule has 0 unspecified atom stereocenters. The molecular weight excluding hydrogens is 266 g/mol. The van der Waals surface area contributed by atoms with Gasteiger partial charge in [-0.3, -0.25) is 4.98 Å². The van der Waals surface area contributed by atoms with Gasteiger partial charge in [-0.05, 0) is 36.4 Å². The van der Waals surface area contributed by atoms with E-state index < -0.39 is 5.97 Å². The lowest BCUT2D eigenvalue weighted by molar-refractivity contribution is 0.0597. The number of halogens is 1. The summed E-state index contributed by atoms with van der Waals surface area (Å²) in [4.78, 5) is 15.7. The zero-order valence-electron chi connectivity index (χ0n) is 10.3.